The molecule has 10 heteroatoms. The van der Waals surface area contributed by atoms with Crippen molar-refractivity contribution in [2.75, 3.05) is 19.6 Å². The van der Waals surface area contributed by atoms with E-state index in [1.165, 1.54) is 4.68 Å². The van der Waals surface area contributed by atoms with Crippen molar-refractivity contribution in [3.05, 3.63) is 0 Å². The first-order chi connectivity index (χ1) is 9.30. The predicted molar refractivity (Wildman–Crippen MR) is 64.6 cm³/mol. The number of rotatable bonds is 7. The predicted octanol–water partition coefficient (Wildman–Crippen LogP) is -1.38. The van der Waals surface area contributed by atoms with Crippen molar-refractivity contribution in [2.24, 2.45) is 0 Å². The van der Waals surface area contributed by atoms with Gasteiger partial charge >= 0.3 is 0 Å². The zero-order chi connectivity index (χ0) is 13.7. The van der Waals surface area contributed by atoms with Crippen LogP contribution >= 0.6 is 0 Å². The van der Waals surface area contributed by atoms with E-state index in [1.807, 2.05) is 0 Å². The second-order valence-electron chi connectivity index (χ2n) is 3.90. The fourth-order valence-corrected chi connectivity index (χ4v) is 1.75. The lowest BCUT2D eigenvalue weighted by molar-refractivity contribution is 0.194. The Morgan fingerprint density at radius 1 is 1.00 bits per heavy atom. The molecule has 0 aliphatic heterocycles. The second kappa shape index (κ2) is 6.29. The van der Waals surface area contributed by atoms with Crippen LogP contribution in [0, 0.1) is 0 Å². The monoisotopic (exact) mass is 267 g/mol. The Morgan fingerprint density at radius 2 is 1.58 bits per heavy atom. The highest BCUT2D eigenvalue weighted by Gasteiger charge is 2.16. The van der Waals surface area contributed by atoms with Gasteiger partial charge in [-0.1, -0.05) is 13.8 Å². The lowest BCUT2D eigenvalue weighted by Gasteiger charge is -2.17. The maximum absolute atomic E-state index is 9.13. The molecule has 0 saturated heterocycles. The largest absolute Gasteiger partial charge is 0.374 e. The lowest BCUT2D eigenvalue weighted by atomic mass is 10.4. The van der Waals surface area contributed by atoms with Crippen LogP contribution in [0.25, 0.3) is 11.6 Å². The van der Waals surface area contributed by atoms with Crippen LogP contribution in [-0.2, 0) is 13.3 Å². The van der Waals surface area contributed by atoms with Gasteiger partial charge in [-0.2, -0.15) is 4.68 Å². The minimum Gasteiger partial charge on any atom is -0.374 e. The van der Waals surface area contributed by atoms with E-state index in [2.05, 4.69) is 49.8 Å². The summed E-state index contributed by atoms with van der Waals surface area (Å²) in [6.07, 6.45) is 0. The summed E-state index contributed by atoms with van der Waals surface area (Å²) in [5.74, 6) is 0.804. The Hall–Kier alpha value is -1.94. The van der Waals surface area contributed by atoms with E-state index in [1.54, 1.807) is 4.68 Å². The van der Waals surface area contributed by atoms with Crippen LogP contribution in [0.5, 0.6) is 0 Å². The van der Waals surface area contributed by atoms with Gasteiger partial charge < -0.3 is 10.0 Å². The van der Waals surface area contributed by atoms with Crippen LogP contribution in [0.3, 0.4) is 0 Å². The van der Waals surface area contributed by atoms with Crippen molar-refractivity contribution in [2.45, 2.75) is 27.1 Å². The first-order valence-electron chi connectivity index (χ1n) is 6.16. The third-order valence-electron chi connectivity index (χ3n) is 2.92. The summed E-state index contributed by atoms with van der Waals surface area (Å²) in [6.45, 7) is 7.33. The van der Waals surface area contributed by atoms with Gasteiger partial charge in [-0.25, -0.2) is 4.68 Å². The Bertz CT molecular complexity index is 503. The molecule has 1 N–H and O–H groups in total. The zero-order valence-electron chi connectivity index (χ0n) is 11.0. The Balaban J connectivity index is 2.14. The van der Waals surface area contributed by atoms with E-state index in [0.717, 1.165) is 19.6 Å². The van der Waals surface area contributed by atoms with Crippen LogP contribution in [0.1, 0.15) is 13.8 Å². The van der Waals surface area contributed by atoms with E-state index in [0.29, 0.717) is 18.2 Å². The fourth-order valence-electron chi connectivity index (χ4n) is 1.75. The first-order valence-corrected chi connectivity index (χ1v) is 6.16. The van der Waals surface area contributed by atoms with Crippen LogP contribution in [-0.4, -0.2) is 70.1 Å². The third-order valence-corrected chi connectivity index (χ3v) is 2.92. The number of nitrogens with zero attached hydrogens (tertiary/aromatic N) is 9. The summed E-state index contributed by atoms with van der Waals surface area (Å²) in [7, 11) is 0. The molecule has 0 aliphatic rings. The van der Waals surface area contributed by atoms with Gasteiger partial charge in [-0.3, -0.25) is 0 Å². The number of aliphatic hydroxyl groups is 1. The molecule has 104 valence electrons. The maximum atomic E-state index is 9.13. The SMILES string of the molecule is CCN(CC)CCn1nnnc1-c1nnnn1CO. The molecule has 0 saturated carbocycles. The molecule has 10 nitrogen and oxygen atoms in total. The van der Waals surface area contributed by atoms with E-state index < -0.39 is 0 Å². The van der Waals surface area contributed by atoms with Crippen molar-refractivity contribution >= 4 is 0 Å². The Labute approximate surface area is 110 Å². The van der Waals surface area contributed by atoms with Gasteiger partial charge in [0.1, 0.15) is 6.73 Å². The van der Waals surface area contributed by atoms with Gasteiger partial charge in [0.2, 0.25) is 11.6 Å². The first kappa shape index (κ1) is 13.5. The standard InChI is InChI=1S/C9H17N9O/c1-3-16(4-2)5-6-17-8(10-12-14-17)9-11-13-15-18(9)7-19/h19H,3-7H2,1-2H3. The smallest absolute Gasteiger partial charge is 0.223 e. The lowest BCUT2D eigenvalue weighted by Crippen LogP contribution is -2.27. The molecular weight excluding hydrogens is 250 g/mol. The summed E-state index contributed by atoms with van der Waals surface area (Å²) in [4.78, 5) is 2.26. The van der Waals surface area contributed by atoms with Crippen LogP contribution in [0.15, 0.2) is 0 Å². The average Bonchev–Trinajstić information content (AvgIpc) is 3.07. The van der Waals surface area contributed by atoms with Crippen LogP contribution in [0.4, 0.5) is 0 Å². The molecule has 0 spiro atoms. The van der Waals surface area contributed by atoms with E-state index in [-0.39, 0.29) is 6.73 Å². The molecule has 0 fully saturated rings. The molecule has 0 bridgehead atoms. The van der Waals surface area contributed by atoms with Crippen LogP contribution < -0.4 is 0 Å². The topological polar surface area (TPSA) is 111 Å². The van der Waals surface area contributed by atoms with Crippen molar-refractivity contribution in [1.82, 2.24) is 45.3 Å². The Kier molecular flexibility index (Phi) is 4.47. The molecule has 2 aromatic rings. The summed E-state index contributed by atoms with van der Waals surface area (Å²) in [5, 5.41) is 31.6. The number of aliphatic hydroxyl groups excluding tert-OH is 1. The summed E-state index contributed by atoms with van der Waals surface area (Å²) in [5.41, 5.74) is 0. The molecule has 0 radical (unpaired) electrons. The molecule has 0 aromatic carbocycles. The number of hydrogen-bond donors (Lipinski definition) is 1. The van der Waals surface area contributed by atoms with E-state index in [4.69, 9.17) is 5.11 Å². The van der Waals surface area contributed by atoms with Crippen LogP contribution in [0.2, 0.25) is 0 Å². The zero-order valence-corrected chi connectivity index (χ0v) is 11.0. The molecule has 2 heterocycles. The second-order valence-corrected chi connectivity index (χ2v) is 3.90. The van der Waals surface area contributed by atoms with Gasteiger partial charge in [0, 0.05) is 6.54 Å². The van der Waals surface area contributed by atoms with E-state index in [9.17, 15) is 0 Å². The summed E-state index contributed by atoms with van der Waals surface area (Å²) in [6, 6.07) is 0. The quantitative estimate of drug-likeness (QED) is 0.653. The molecule has 0 atom stereocenters. The van der Waals surface area contributed by atoms with Crippen molar-refractivity contribution in [1.29, 1.82) is 0 Å². The van der Waals surface area contributed by atoms with Crippen molar-refractivity contribution < 1.29 is 5.11 Å². The summed E-state index contributed by atoms with van der Waals surface area (Å²) < 4.78 is 2.87. The number of likely N-dealkylation sites (N-methyl/N-ethyl adjacent to an activating group) is 1. The number of hydrogen-bond acceptors (Lipinski definition) is 8. The van der Waals surface area contributed by atoms with Crippen molar-refractivity contribution in [3.8, 4) is 11.6 Å². The molecule has 2 aromatic heterocycles. The fraction of sp³-hybridized carbons (Fsp3) is 0.778. The van der Waals surface area contributed by atoms with Gasteiger partial charge in [0.05, 0.1) is 6.54 Å². The molecular formula is C9H17N9O. The van der Waals surface area contributed by atoms with E-state index >= 15 is 0 Å². The highest BCUT2D eigenvalue weighted by molar-refractivity contribution is 5.40. The van der Waals surface area contributed by atoms with Gasteiger partial charge in [0.15, 0.2) is 0 Å². The summed E-state index contributed by atoms with van der Waals surface area (Å²) >= 11 is 0. The number of tetrazole rings is 2. The maximum Gasteiger partial charge on any atom is 0.223 e. The highest BCUT2D eigenvalue weighted by Crippen LogP contribution is 2.10. The van der Waals surface area contributed by atoms with Gasteiger partial charge in [-0.15, -0.1) is 10.2 Å². The minimum absolute atomic E-state index is 0.314. The third kappa shape index (κ3) is 2.90. The molecule has 0 unspecified atom stereocenters. The van der Waals surface area contributed by atoms with Crippen molar-refractivity contribution in [3.63, 3.8) is 0 Å². The molecule has 19 heavy (non-hydrogen) atoms. The minimum atomic E-state index is -0.314. The number of aromatic nitrogens is 8. The van der Waals surface area contributed by atoms with Gasteiger partial charge in [0.25, 0.3) is 0 Å². The Morgan fingerprint density at radius 3 is 2.16 bits per heavy atom. The molecule has 0 aliphatic carbocycles. The molecule has 0 amide bonds. The average molecular weight is 267 g/mol. The normalized spacial score (nSPS) is 11.4. The highest BCUT2D eigenvalue weighted by atomic mass is 16.3. The molecule has 2 rings (SSSR count). The van der Waals surface area contributed by atoms with Gasteiger partial charge in [-0.05, 0) is 33.9 Å².